The number of ether oxygens (including phenoxy) is 1. The van der Waals surface area contributed by atoms with E-state index >= 15 is 0 Å². The summed E-state index contributed by atoms with van der Waals surface area (Å²) in [4.78, 5) is 74.1. The van der Waals surface area contributed by atoms with E-state index in [1.54, 1.807) is 0 Å². The Bertz CT molecular complexity index is 669. The second-order valence-electron chi connectivity index (χ2n) is 6.02. The quantitative estimate of drug-likeness (QED) is 0.341. The van der Waals surface area contributed by atoms with Crippen molar-refractivity contribution in [1.29, 1.82) is 0 Å². The third kappa shape index (κ3) is 6.27. The molecule has 28 heavy (non-hydrogen) atoms. The van der Waals surface area contributed by atoms with Crippen molar-refractivity contribution in [2.24, 2.45) is 0 Å². The van der Waals surface area contributed by atoms with E-state index in [0.29, 0.717) is 18.0 Å². The maximum absolute atomic E-state index is 11.7. The van der Waals surface area contributed by atoms with Gasteiger partial charge in [0.1, 0.15) is 0 Å². The molecule has 1 N–H and O–H groups in total. The second kappa shape index (κ2) is 10.3. The van der Waals surface area contributed by atoms with Crippen LogP contribution in [0.15, 0.2) is 12.2 Å². The summed E-state index contributed by atoms with van der Waals surface area (Å²) < 4.78 is 5.23. The lowest BCUT2D eigenvalue weighted by molar-refractivity contribution is -0.198. The molecule has 0 saturated carbocycles. The summed E-state index contributed by atoms with van der Waals surface area (Å²) in [6, 6.07) is 0. The van der Waals surface area contributed by atoms with E-state index in [1.165, 1.54) is 0 Å². The predicted molar refractivity (Wildman–Crippen MR) is 90.7 cm³/mol. The van der Waals surface area contributed by atoms with E-state index in [1.807, 2.05) is 0 Å². The van der Waals surface area contributed by atoms with Gasteiger partial charge in [-0.2, -0.15) is 0 Å². The highest BCUT2D eigenvalue weighted by Crippen LogP contribution is 2.12. The average Bonchev–Trinajstić information content (AvgIpc) is 3.14. The summed E-state index contributed by atoms with van der Waals surface area (Å²) >= 11 is 0. The minimum Gasteiger partial charge on any atom is -0.381 e. The van der Waals surface area contributed by atoms with E-state index in [4.69, 9.17) is 4.74 Å². The number of nitrogens with zero attached hydrogens (tertiary/aromatic N) is 2. The lowest BCUT2D eigenvalue weighted by atomic mass is 10.3. The van der Waals surface area contributed by atoms with E-state index in [9.17, 15) is 28.8 Å². The van der Waals surface area contributed by atoms with E-state index in [2.05, 4.69) is 10.2 Å². The highest BCUT2D eigenvalue weighted by Gasteiger charge is 2.32. The molecule has 0 radical (unpaired) electrons. The summed E-state index contributed by atoms with van der Waals surface area (Å²) in [7, 11) is 0. The first-order chi connectivity index (χ1) is 13.4. The van der Waals surface area contributed by atoms with Crippen molar-refractivity contribution in [1.82, 2.24) is 15.3 Å². The number of carbonyl (C=O) groups is 6. The SMILES string of the molecule is O=C(CCN1C(=O)C=CC1=O)NCCCOCCC(=O)ON1C(=O)CCC1=O. The maximum atomic E-state index is 11.7. The molecule has 5 amide bonds. The Morgan fingerprint density at radius 2 is 1.61 bits per heavy atom. The number of hydrogen-bond acceptors (Lipinski definition) is 8. The van der Waals surface area contributed by atoms with Gasteiger partial charge in [-0.15, -0.1) is 5.06 Å². The Hall–Kier alpha value is -3.08. The lowest BCUT2D eigenvalue weighted by Gasteiger charge is -2.13. The number of amides is 5. The fourth-order valence-corrected chi connectivity index (χ4v) is 2.42. The van der Waals surface area contributed by atoms with Crippen molar-refractivity contribution in [3.8, 4) is 0 Å². The molecule has 0 aliphatic carbocycles. The average molecular weight is 395 g/mol. The molecule has 0 bridgehead atoms. The van der Waals surface area contributed by atoms with E-state index in [0.717, 1.165) is 17.1 Å². The van der Waals surface area contributed by atoms with Crippen LogP contribution in [0.4, 0.5) is 0 Å². The third-order valence-electron chi connectivity index (χ3n) is 3.90. The zero-order valence-electron chi connectivity index (χ0n) is 15.2. The molecule has 0 atom stereocenters. The first kappa shape index (κ1) is 21.2. The molecule has 11 heteroatoms. The molecule has 2 heterocycles. The normalized spacial score (nSPS) is 16.3. The Kier molecular flexibility index (Phi) is 7.81. The molecule has 0 spiro atoms. The first-order valence-electron chi connectivity index (χ1n) is 8.83. The van der Waals surface area contributed by atoms with Crippen LogP contribution in [0.25, 0.3) is 0 Å². The molecular formula is C17H21N3O8. The van der Waals surface area contributed by atoms with Gasteiger partial charge < -0.3 is 14.9 Å². The topological polar surface area (TPSA) is 139 Å². The lowest BCUT2D eigenvalue weighted by Crippen LogP contribution is -2.35. The smallest absolute Gasteiger partial charge is 0.335 e. The van der Waals surface area contributed by atoms with Gasteiger partial charge in [0.15, 0.2) is 0 Å². The molecule has 2 aliphatic rings. The van der Waals surface area contributed by atoms with Crippen LogP contribution in [0.3, 0.4) is 0 Å². The Morgan fingerprint density at radius 3 is 2.25 bits per heavy atom. The van der Waals surface area contributed by atoms with Crippen LogP contribution in [-0.4, -0.2) is 71.8 Å². The Balaban J connectivity index is 1.46. The number of rotatable bonds is 11. The molecule has 11 nitrogen and oxygen atoms in total. The van der Waals surface area contributed by atoms with Gasteiger partial charge in [-0.1, -0.05) is 0 Å². The third-order valence-corrected chi connectivity index (χ3v) is 3.90. The van der Waals surface area contributed by atoms with Crippen LogP contribution in [0, 0.1) is 0 Å². The number of nitrogens with one attached hydrogen (secondary N) is 1. The van der Waals surface area contributed by atoms with Gasteiger partial charge in [0, 0.05) is 51.1 Å². The van der Waals surface area contributed by atoms with Crippen molar-refractivity contribution in [3.05, 3.63) is 12.2 Å². The molecule has 1 saturated heterocycles. The molecule has 1 fully saturated rings. The molecule has 152 valence electrons. The summed E-state index contributed by atoms with van der Waals surface area (Å²) in [5.41, 5.74) is 0. The van der Waals surface area contributed by atoms with Crippen molar-refractivity contribution in [2.45, 2.75) is 32.1 Å². The zero-order chi connectivity index (χ0) is 20.5. The first-order valence-corrected chi connectivity index (χ1v) is 8.83. The van der Waals surface area contributed by atoms with Crippen LogP contribution >= 0.6 is 0 Å². The molecule has 2 aliphatic heterocycles. The van der Waals surface area contributed by atoms with Gasteiger partial charge in [0.25, 0.3) is 23.6 Å². The summed E-state index contributed by atoms with van der Waals surface area (Å²) in [5, 5.41) is 3.12. The summed E-state index contributed by atoms with van der Waals surface area (Å²) in [6.07, 6.45) is 2.79. The zero-order valence-corrected chi connectivity index (χ0v) is 15.2. The fourth-order valence-electron chi connectivity index (χ4n) is 2.42. The van der Waals surface area contributed by atoms with E-state index in [-0.39, 0.29) is 51.3 Å². The molecule has 0 aromatic carbocycles. The largest absolute Gasteiger partial charge is 0.381 e. The van der Waals surface area contributed by atoms with Crippen molar-refractivity contribution in [2.75, 3.05) is 26.3 Å². The van der Waals surface area contributed by atoms with Crippen LogP contribution in [0.5, 0.6) is 0 Å². The molecule has 0 aromatic rings. The fraction of sp³-hybridized carbons (Fsp3) is 0.529. The van der Waals surface area contributed by atoms with E-state index < -0.39 is 29.6 Å². The minimum atomic E-state index is -0.739. The number of carbonyl (C=O) groups excluding carboxylic acids is 6. The Morgan fingerprint density at radius 1 is 0.964 bits per heavy atom. The van der Waals surface area contributed by atoms with Gasteiger partial charge in [-0.25, -0.2) is 4.79 Å². The summed E-state index contributed by atoms with van der Waals surface area (Å²) in [6.45, 7) is 0.689. The molecule has 0 aromatic heterocycles. The van der Waals surface area contributed by atoms with Crippen LogP contribution in [-0.2, 0) is 38.3 Å². The highest BCUT2D eigenvalue weighted by molar-refractivity contribution is 6.13. The van der Waals surface area contributed by atoms with Gasteiger partial charge in [0.05, 0.1) is 13.0 Å². The van der Waals surface area contributed by atoms with Gasteiger partial charge >= 0.3 is 5.97 Å². The Labute approximate surface area is 160 Å². The van der Waals surface area contributed by atoms with Crippen LogP contribution in [0.2, 0.25) is 0 Å². The van der Waals surface area contributed by atoms with Gasteiger partial charge in [-0.3, -0.25) is 28.9 Å². The monoisotopic (exact) mass is 395 g/mol. The number of imide groups is 2. The molecule has 2 rings (SSSR count). The summed E-state index contributed by atoms with van der Waals surface area (Å²) in [5.74, 6) is -2.96. The van der Waals surface area contributed by atoms with Crippen LogP contribution < -0.4 is 5.32 Å². The maximum Gasteiger partial charge on any atom is 0.335 e. The standard InChI is InChI=1S/C17H21N3O8/c21-12(6-9-19-13(22)2-3-14(19)23)18-8-1-10-27-11-7-17(26)28-20-15(24)4-5-16(20)25/h2-3H,1,4-11H2,(H,18,21). The number of hydrogen-bond donors (Lipinski definition) is 1. The van der Waals surface area contributed by atoms with Crippen molar-refractivity contribution < 1.29 is 38.3 Å². The van der Waals surface area contributed by atoms with Gasteiger partial charge in [0.2, 0.25) is 5.91 Å². The highest BCUT2D eigenvalue weighted by atomic mass is 16.7. The van der Waals surface area contributed by atoms with Crippen molar-refractivity contribution in [3.63, 3.8) is 0 Å². The predicted octanol–water partition coefficient (Wildman–Crippen LogP) is -1.18. The molecule has 0 unspecified atom stereocenters. The molecular weight excluding hydrogens is 374 g/mol. The van der Waals surface area contributed by atoms with Crippen LogP contribution in [0.1, 0.15) is 32.1 Å². The minimum absolute atomic E-state index is 0.0137. The van der Waals surface area contributed by atoms with Crippen molar-refractivity contribution >= 4 is 35.5 Å². The second-order valence-corrected chi connectivity index (χ2v) is 6.02. The van der Waals surface area contributed by atoms with Gasteiger partial charge in [-0.05, 0) is 6.42 Å². The number of hydroxylamine groups is 2.